The molecule has 0 fully saturated rings. The zero-order valence-electron chi connectivity index (χ0n) is 11.0. The van der Waals surface area contributed by atoms with Crippen LogP contribution in [0.4, 0.5) is 0 Å². The highest BCUT2D eigenvalue weighted by atomic mass is 16.5. The molecule has 0 heterocycles. The molecule has 1 aromatic carbocycles. The monoisotopic (exact) mass is 268 g/mol. The van der Waals surface area contributed by atoms with E-state index >= 15 is 0 Å². The highest BCUT2D eigenvalue weighted by Crippen LogP contribution is 2.23. The maximum atomic E-state index is 11.3. The van der Waals surface area contributed by atoms with Crippen LogP contribution in [-0.4, -0.2) is 34.0 Å². The predicted octanol–water partition coefficient (Wildman–Crippen LogP) is 1.73. The number of benzene rings is 1. The fraction of sp³-hybridized carbons (Fsp3) is 0.500. The molecule has 0 aliphatic rings. The summed E-state index contributed by atoms with van der Waals surface area (Å²) >= 11 is 0. The third-order valence-electron chi connectivity index (χ3n) is 2.69. The average Bonchev–Trinajstić information content (AvgIpc) is 2.31. The maximum absolute atomic E-state index is 11.3. The lowest BCUT2D eigenvalue weighted by molar-refractivity contribution is -0.144. The van der Waals surface area contributed by atoms with Crippen molar-refractivity contribution in [3.8, 4) is 11.5 Å². The molecule has 19 heavy (non-hydrogen) atoms. The van der Waals surface area contributed by atoms with Gasteiger partial charge in [0.2, 0.25) is 0 Å². The molecule has 5 nitrogen and oxygen atoms in total. The summed E-state index contributed by atoms with van der Waals surface area (Å²) in [7, 11) is 0. The summed E-state index contributed by atoms with van der Waals surface area (Å²) in [5, 5.41) is 27.7. The second kappa shape index (κ2) is 7.63. The zero-order valence-corrected chi connectivity index (χ0v) is 11.0. The number of phenolic OH excluding ortho intramolecular Hbond substituents is 2. The van der Waals surface area contributed by atoms with E-state index in [4.69, 9.17) is 14.9 Å². The van der Waals surface area contributed by atoms with Gasteiger partial charge in [0.25, 0.3) is 0 Å². The molecule has 0 saturated heterocycles. The lowest BCUT2D eigenvalue weighted by atomic mass is 10.1. The molecule has 1 rings (SSSR count). The molecular weight excluding hydrogens is 248 g/mol. The predicted molar refractivity (Wildman–Crippen MR) is 70.0 cm³/mol. The van der Waals surface area contributed by atoms with Crippen molar-refractivity contribution >= 4 is 5.97 Å². The fourth-order valence-electron chi connectivity index (χ4n) is 1.60. The normalized spacial score (nSPS) is 12.1. The molecule has 0 amide bonds. The Bertz CT molecular complexity index is 414. The SMILES string of the molecule is CC(O)CCOC(=O)CCCc1ccc(O)cc1O. The second-order valence-electron chi connectivity index (χ2n) is 4.52. The average molecular weight is 268 g/mol. The molecular formula is C14H20O5. The van der Waals surface area contributed by atoms with Crippen LogP contribution in [0, 0.1) is 0 Å². The number of aromatic hydroxyl groups is 2. The Morgan fingerprint density at radius 2 is 2.11 bits per heavy atom. The number of carbonyl (C=O) groups excluding carboxylic acids is 1. The van der Waals surface area contributed by atoms with Gasteiger partial charge in [-0.1, -0.05) is 6.07 Å². The third-order valence-corrected chi connectivity index (χ3v) is 2.69. The molecule has 3 N–H and O–H groups in total. The minimum atomic E-state index is -0.471. The Kier molecular flexibility index (Phi) is 6.15. The van der Waals surface area contributed by atoms with E-state index in [0.29, 0.717) is 24.8 Å². The molecule has 0 radical (unpaired) electrons. The van der Waals surface area contributed by atoms with Crippen LogP contribution >= 0.6 is 0 Å². The van der Waals surface area contributed by atoms with Crippen LogP contribution in [0.3, 0.4) is 0 Å². The van der Waals surface area contributed by atoms with Crippen LogP contribution in [0.5, 0.6) is 11.5 Å². The molecule has 1 unspecified atom stereocenters. The largest absolute Gasteiger partial charge is 0.508 e. The number of ether oxygens (including phenoxy) is 1. The van der Waals surface area contributed by atoms with E-state index < -0.39 is 6.10 Å². The number of esters is 1. The van der Waals surface area contributed by atoms with Crippen molar-refractivity contribution in [3.05, 3.63) is 23.8 Å². The van der Waals surface area contributed by atoms with Gasteiger partial charge < -0.3 is 20.1 Å². The Hall–Kier alpha value is -1.75. The van der Waals surface area contributed by atoms with Crippen molar-refractivity contribution in [3.63, 3.8) is 0 Å². The van der Waals surface area contributed by atoms with Crippen LogP contribution in [0.2, 0.25) is 0 Å². The smallest absolute Gasteiger partial charge is 0.305 e. The molecule has 1 atom stereocenters. The van der Waals surface area contributed by atoms with E-state index in [-0.39, 0.29) is 30.5 Å². The van der Waals surface area contributed by atoms with E-state index in [1.807, 2.05) is 0 Å². The van der Waals surface area contributed by atoms with Gasteiger partial charge in [-0.3, -0.25) is 4.79 Å². The summed E-state index contributed by atoms with van der Waals surface area (Å²) in [6.07, 6.45) is 1.33. The zero-order chi connectivity index (χ0) is 14.3. The lowest BCUT2D eigenvalue weighted by Crippen LogP contribution is -2.10. The summed E-state index contributed by atoms with van der Waals surface area (Å²) in [4.78, 5) is 11.3. The van der Waals surface area contributed by atoms with Crippen LogP contribution in [0.25, 0.3) is 0 Å². The van der Waals surface area contributed by atoms with Gasteiger partial charge in [0.05, 0.1) is 12.7 Å². The van der Waals surface area contributed by atoms with Gasteiger partial charge in [-0.2, -0.15) is 0 Å². The van der Waals surface area contributed by atoms with Gasteiger partial charge in [-0.25, -0.2) is 0 Å². The van der Waals surface area contributed by atoms with Gasteiger partial charge in [-0.05, 0) is 31.4 Å². The number of phenols is 2. The van der Waals surface area contributed by atoms with Gasteiger partial charge in [0.1, 0.15) is 11.5 Å². The first-order chi connectivity index (χ1) is 8.99. The maximum Gasteiger partial charge on any atom is 0.305 e. The molecule has 0 aliphatic heterocycles. The number of rotatable bonds is 7. The standard InChI is InChI=1S/C14H20O5/c1-10(15)7-8-19-14(18)4-2-3-11-5-6-12(16)9-13(11)17/h5-6,9-10,15-17H,2-4,7-8H2,1H3. The van der Waals surface area contributed by atoms with E-state index in [2.05, 4.69) is 0 Å². The number of aliphatic hydroxyl groups is 1. The highest BCUT2D eigenvalue weighted by Gasteiger charge is 2.06. The number of aryl methyl sites for hydroxylation is 1. The van der Waals surface area contributed by atoms with Gasteiger partial charge >= 0.3 is 5.97 Å². The molecule has 0 spiro atoms. The van der Waals surface area contributed by atoms with E-state index in [1.165, 1.54) is 12.1 Å². The minimum Gasteiger partial charge on any atom is -0.508 e. The number of hydrogen-bond acceptors (Lipinski definition) is 5. The van der Waals surface area contributed by atoms with Gasteiger partial charge in [-0.15, -0.1) is 0 Å². The number of carbonyl (C=O) groups is 1. The Labute approximate surface area is 112 Å². The second-order valence-corrected chi connectivity index (χ2v) is 4.52. The topological polar surface area (TPSA) is 87.0 Å². The van der Waals surface area contributed by atoms with Crippen molar-refractivity contribution in [2.24, 2.45) is 0 Å². The molecule has 0 bridgehead atoms. The Morgan fingerprint density at radius 1 is 1.37 bits per heavy atom. The highest BCUT2D eigenvalue weighted by molar-refractivity contribution is 5.69. The first-order valence-corrected chi connectivity index (χ1v) is 6.33. The Balaban J connectivity index is 2.24. The number of hydrogen-bond donors (Lipinski definition) is 3. The van der Waals surface area contributed by atoms with E-state index in [1.54, 1.807) is 13.0 Å². The lowest BCUT2D eigenvalue weighted by Gasteiger charge is -2.07. The van der Waals surface area contributed by atoms with Crippen molar-refractivity contribution in [1.29, 1.82) is 0 Å². The van der Waals surface area contributed by atoms with Crippen molar-refractivity contribution in [1.82, 2.24) is 0 Å². The fourth-order valence-corrected chi connectivity index (χ4v) is 1.60. The van der Waals surface area contributed by atoms with Crippen LogP contribution in [0.15, 0.2) is 18.2 Å². The van der Waals surface area contributed by atoms with Crippen molar-refractivity contribution in [2.45, 2.75) is 38.7 Å². The summed E-state index contributed by atoms with van der Waals surface area (Å²) in [5.41, 5.74) is 0.689. The van der Waals surface area contributed by atoms with Crippen LogP contribution in [0.1, 0.15) is 31.7 Å². The Morgan fingerprint density at radius 3 is 2.74 bits per heavy atom. The van der Waals surface area contributed by atoms with Gasteiger partial charge in [0.15, 0.2) is 0 Å². The summed E-state index contributed by atoms with van der Waals surface area (Å²) in [5.74, 6) is -0.264. The summed E-state index contributed by atoms with van der Waals surface area (Å²) in [6, 6.07) is 4.40. The minimum absolute atomic E-state index is 0.0128. The first-order valence-electron chi connectivity index (χ1n) is 6.33. The van der Waals surface area contributed by atoms with Crippen LogP contribution in [-0.2, 0) is 16.0 Å². The van der Waals surface area contributed by atoms with E-state index in [0.717, 1.165) is 0 Å². The summed E-state index contributed by atoms with van der Waals surface area (Å²) in [6.45, 7) is 1.86. The van der Waals surface area contributed by atoms with Crippen LogP contribution < -0.4 is 0 Å². The molecule has 0 aromatic heterocycles. The van der Waals surface area contributed by atoms with Gasteiger partial charge in [0, 0.05) is 18.9 Å². The molecule has 0 aliphatic carbocycles. The molecule has 0 saturated carbocycles. The molecule has 1 aromatic rings. The van der Waals surface area contributed by atoms with Crippen molar-refractivity contribution < 1.29 is 24.9 Å². The first kappa shape index (κ1) is 15.3. The van der Waals surface area contributed by atoms with Crippen molar-refractivity contribution in [2.75, 3.05) is 6.61 Å². The quantitative estimate of drug-likeness (QED) is 0.656. The van der Waals surface area contributed by atoms with E-state index in [9.17, 15) is 9.90 Å². The third kappa shape index (κ3) is 6.10. The molecule has 5 heteroatoms. The summed E-state index contributed by atoms with van der Waals surface area (Å²) < 4.78 is 4.94. The number of aliphatic hydroxyl groups excluding tert-OH is 1. The molecule has 106 valence electrons.